The third-order valence-electron chi connectivity index (χ3n) is 4.33. The number of nitrogens with one attached hydrogen (secondary N) is 1. The van der Waals surface area contributed by atoms with Crippen LogP contribution in [0.15, 0.2) is 24.3 Å². The molecule has 0 radical (unpaired) electrons. The molecule has 0 aliphatic heterocycles. The van der Waals surface area contributed by atoms with Gasteiger partial charge in [-0.25, -0.2) is 0 Å². The Morgan fingerprint density at radius 1 is 1.30 bits per heavy atom. The van der Waals surface area contributed by atoms with Gasteiger partial charge >= 0.3 is 0 Å². The Balaban J connectivity index is 2.16. The molecule has 112 valence electrons. The third kappa shape index (κ3) is 3.51. The van der Waals surface area contributed by atoms with Crippen LogP contribution in [0.4, 0.5) is 0 Å². The second-order valence-electron chi connectivity index (χ2n) is 5.60. The molecule has 0 heterocycles. The smallest absolute Gasteiger partial charge is 0.124 e. The molecule has 0 spiro atoms. The molecule has 1 fully saturated rings. The highest BCUT2D eigenvalue weighted by molar-refractivity contribution is 5.36. The normalized spacial score (nSPS) is 23.8. The van der Waals surface area contributed by atoms with Gasteiger partial charge in [0.2, 0.25) is 0 Å². The van der Waals surface area contributed by atoms with Gasteiger partial charge < -0.3 is 9.47 Å². The summed E-state index contributed by atoms with van der Waals surface area (Å²) in [5, 5.41) is 0. The zero-order chi connectivity index (χ0) is 14.4. The van der Waals surface area contributed by atoms with E-state index in [0.29, 0.717) is 25.0 Å². The van der Waals surface area contributed by atoms with Crippen LogP contribution in [0.3, 0.4) is 0 Å². The fourth-order valence-electron chi connectivity index (χ4n) is 3.22. The van der Waals surface area contributed by atoms with Crippen LogP contribution in [0.1, 0.15) is 37.8 Å². The summed E-state index contributed by atoms with van der Waals surface area (Å²) in [5.74, 6) is 8.02. The molecule has 1 aromatic rings. The van der Waals surface area contributed by atoms with Crippen molar-refractivity contribution >= 4 is 0 Å². The highest BCUT2D eigenvalue weighted by Crippen LogP contribution is 2.41. The summed E-state index contributed by atoms with van der Waals surface area (Å²) < 4.78 is 10.9. The lowest BCUT2D eigenvalue weighted by Gasteiger charge is -2.28. The SMILES string of the molecule is COCCOc1ccccc1C(NN)C1CCCC1C. The summed E-state index contributed by atoms with van der Waals surface area (Å²) in [6.45, 7) is 3.47. The number of benzene rings is 1. The van der Waals surface area contributed by atoms with E-state index in [9.17, 15) is 0 Å². The number of nitrogens with two attached hydrogens (primary N) is 1. The number of hydrogen-bond acceptors (Lipinski definition) is 4. The number of rotatable bonds is 7. The Morgan fingerprint density at radius 2 is 2.10 bits per heavy atom. The largest absolute Gasteiger partial charge is 0.491 e. The van der Waals surface area contributed by atoms with Gasteiger partial charge in [-0.1, -0.05) is 38.0 Å². The second-order valence-corrected chi connectivity index (χ2v) is 5.60. The Kier molecular flexibility index (Phi) is 5.83. The third-order valence-corrected chi connectivity index (χ3v) is 4.33. The predicted molar refractivity (Wildman–Crippen MR) is 80.4 cm³/mol. The zero-order valence-corrected chi connectivity index (χ0v) is 12.5. The van der Waals surface area contributed by atoms with Crippen molar-refractivity contribution in [3.8, 4) is 5.75 Å². The summed E-state index contributed by atoms with van der Waals surface area (Å²) in [6.07, 6.45) is 3.80. The predicted octanol–water partition coefficient (Wildman–Crippen LogP) is 2.65. The topological polar surface area (TPSA) is 56.5 Å². The number of para-hydroxylation sites is 1. The van der Waals surface area contributed by atoms with Gasteiger partial charge in [0.1, 0.15) is 12.4 Å². The van der Waals surface area contributed by atoms with Gasteiger partial charge in [0.15, 0.2) is 0 Å². The molecule has 1 aliphatic carbocycles. The van der Waals surface area contributed by atoms with Gasteiger partial charge in [-0.3, -0.25) is 11.3 Å². The summed E-state index contributed by atoms with van der Waals surface area (Å²) in [4.78, 5) is 0. The molecule has 1 aromatic carbocycles. The molecule has 4 nitrogen and oxygen atoms in total. The summed E-state index contributed by atoms with van der Waals surface area (Å²) in [7, 11) is 1.68. The number of hydrazine groups is 1. The summed E-state index contributed by atoms with van der Waals surface area (Å²) in [5.41, 5.74) is 4.17. The fraction of sp³-hybridized carbons (Fsp3) is 0.625. The molecule has 1 aliphatic rings. The number of methoxy groups -OCH3 is 1. The Morgan fingerprint density at radius 3 is 2.75 bits per heavy atom. The molecule has 20 heavy (non-hydrogen) atoms. The van der Waals surface area contributed by atoms with Crippen LogP contribution in [0.5, 0.6) is 5.75 Å². The molecule has 3 atom stereocenters. The van der Waals surface area contributed by atoms with Gasteiger partial charge in [-0.15, -0.1) is 0 Å². The van der Waals surface area contributed by atoms with Crippen molar-refractivity contribution in [2.75, 3.05) is 20.3 Å². The lowest BCUT2D eigenvalue weighted by molar-refractivity contribution is 0.144. The maximum atomic E-state index is 5.84. The highest BCUT2D eigenvalue weighted by atomic mass is 16.5. The molecule has 0 saturated heterocycles. The number of hydrogen-bond donors (Lipinski definition) is 2. The van der Waals surface area contributed by atoms with E-state index >= 15 is 0 Å². The van der Waals surface area contributed by atoms with Crippen molar-refractivity contribution in [2.45, 2.75) is 32.2 Å². The summed E-state index contributed by atoms with van der Waals surface area (Å²) >= 11 is 0. The van der Waals surface area contributed by atoms with Crippen LogP contribution in [0, 0.1) is 11.8 Å². The van der Waals surface area contributed by atoms with Gasteiger partial charge in [-0.2, -0.15) is 0 Å². The Hall–Kier alpha value is -1.10. The van der Waals surface area contributed by atoms with E-state index in [1.807, 2.05) is 18.2 Å². The zero-order valence-electron chi connectivity index (χ0n) is 12.5. The standard InChI is InChI=1S/C16H26N2O2/c1-12-6-5-8-13(12)16(18-17)14-7-3-4-9-15(14)20-11-10-19-2/h3-4,7,9,12-13,16,18H,5-6,8,10-11,17H2,1-2H3. The molecule has 3 N–H and O–H groups in total. The molecule has 2 rings (SSSR count). The summed E-state index contributed by atoms with van der Waals surface area (Å²) in [6, 6.07) is 8.32. The van der Waals surface area contributed by atoms with Crippen LogP contribution < -0.4 is 16.0 Å². The van der Waals surface area contributed by atoms with Crippen LogP contribution >= 0.6 is 0 Å². The molecular formula is C16H26N2O2. The van der Waals surface area contributed by atoms with Crippen LogP contribution in [-0.4, -0.2) is 20.3 Å². The van der Waals surface area contributed by atoms with Crippen LogP contribution in [0.25, 0.3) is 0 Å². The maximum Gasteiger partial charge on any atom is 0.124 e. The minimum Gasteiger partial charge on any atom is -0.491 e. The first-order valence-electron chi connectivity index (χ1n) is 7.44. The average Bonchev–Trinajstić information content (AvgIpc) is 2.88. The van der Waals surface area contributed by atoms with Crippen molar-refractivity contribution in [1.82, 2.24) is 5.43 Å². The first-order chi connectivity index (χ1) is 9.77. The fourth-order valence-corrected chi connectivity index (χ4v) is 3.22. The van der Waals surface area contributed by atoms with Crippen molar-refractivity contribution < 1.29 is 9.47 Å². The van der Waals surface area contributed by atoms with Gasteiger partial charge in [-0.05, 0) is 24.3 Å². The lowest BCUT2D eigenvalue weighted by atomic mass is 9.86. The van der Waals surface area contributed by atoms with E-state index in [1.165, 1.54) is 19.3 Å². The molecular weight excluding hydrogens is 252 g/mol. The second kappa shape index (κ2) is 7.62. The Labute approximate surface area is 121 Å². The first kappa shape index (κ1) is 15.3. The molecule has 1 saturated carbocycles. The van der Waals surface area contributed by atoms with E-state index in [-0.39, 0.29) is 6.04 Å². The minimum atomic E-state index is 0.159. The molecule has 0 amide bonds. The number of ether oxygens (including phenoxy) is 2. The minimum absolute atomic E-state index is 0.159. The van der Waals surface area contributed by atoms with Gasteiger partial charge in [0, 0.05) is 12.7 Å². The molecule has 0 bridgehead atoms. The van der Waals surface area contributed by atoms with Crippen molar-refractivity contribution in [3.05, 3.63) is 29.8 Å². The highest BCUT2D eigenvalue weighted by Gasteiger charge is 2.32. The van der Waals surface area contributed by atoms with E-state index in [4.69, 9.17) is 15.3 Å². The lowest BCUT2D eigenvalue weighted by Crippen LogP contribution is -2.35. The van der Waals surface area contributed by atoms with Crippen LogP contribution in [-0.2, 0) is 4.74 Å². The van der Waals surface area contributed by atoms with Gasteiger partial charge in [0.05, 0.1) is 12.6 Å². The quantitative estimate of drug-likeness (QED) is 0.457. The average molecular weight is 278 g/mol. The Bertz CT molecular complexity index is 411. The van der Waals surface area contributed by atoms with Crippen molar-refractivity contribution in [3.63, 3.8) is 0 Å². The molecule has 3 unspecified atom stereocenters. The maximum absolute atomic E-state index is 5.84. The van der Waals surface area contributed by atoms with Crippen LogP contribution in [0.2, 0.25) is 0 Å². The van der Waals surface area contributed by atoms with Gasteiger partial charge in [0.25, 0.3) is 0 Å². The van der Waals surface area contributed by atoms with E-state index < -0.39 is 0 Å². The monoisotopic (exact) mass is 278 g/mol. The van der Waals surface area contributed by atoms with E-state index in [1.54, 1.807) is 7.11 Å². The van der Waals surface area contributed by atoms with E-state index in [2.05, 4.69) is 18.4 Å². The van der Waals surface area contributed by atoms with Crippen molar-refractivity contribution in [1.29, 1.82) is 0 Å². The molecule has 0 aromatic heterocycles. The van der Waals surface area contributed by atoms with E-state index in [0.717, 1.165) is 11.3 Å². The first-order valence-corrected chi connectivity index (χ1v) is 7.44. The van der Waals surface area contributed by atoms with Crippen molar-refractivity contribution in [2.24, 2.45) is 17.7 Å². The molecule has 4 heteroatoms.